The first kappa shape index (κ1) is 38.6. The first-order valence-electron chi connectivity index (χ1n) is 15.6. The van der Waals surface area contributed by atoms with Crippen molar-refractivity contribution in [2.24, 2.45) is 4.99 Å². The quantitative estimate of drug-likeness (QED) is 0.0428. The Hall–Kier alpha value is -6.15. The normalized spacial score (nSPS) is 10.9. The monoisotopic (exact) mass is 727 g/mol. The van der Waals surface area contributed by atoms with Crippen molar-refractivity contribution < 1.29 is 44.4 Å². The molecule has 0 spiro atoms. The lowest BCUT2D eigenvalue weighted by Crippen LogP contribution is -2.46. The van der Waals surface area contributed by atoms with Crippen molar-refractivity contribution in [2.75, 3.05) is 64.2 Å². The lowest BCUT2D eigenvalue weighted by molar-refractivity contribution is -0.143. The molecule has 0 aliphatic carbocycles. The van der Waals surface area contributed by atoms with Gasteiger partial charge in [-0.05, 0) is 54.5 Å². The van der Waals surface area contributed by atoms with Gasteiger partial charge < -0.3 is 25.7 Å². The highest BCUT2D eigenvalue weighted by Crippen LogP contribution is 2.27. The molecule has 16 nitrogen and oxygen atoms in total. The average Bonchev–Trinajstić information content (AvgIpc) is 3.08. The van der Waals surface area contributed by atoms with E-state index in [1.54, 1.807) is 30.5 Å². The van der Waals surface area contributed by atoms with Gasteiger partial charge in [-0.1, -0.05) is 24.1 Å². The van der Waals surface area contributed by atoms with Crippen molar-refractivity contribution in [3.63, 3.8) is 0 Å². The molecule has 2 aromatic heterocycles. The fourth-order valence-electron chi connectivity index (χ4n) is 5.19. The second-order valence-corrected chi connectivity index (χ2v) is 11.6. The van der Waals surface area contributed by atoms with Crippen LogP contribution in [0.15, 0.2) is 65.8 Å². The minimum absolute atomic E-state index is 0.00447. The molecule has 2 heterocycles. The van der Waals surface area contributed by atoms with Gasteiger partial charge in [-0.25, -0.2) is 4.98 Å². The lowest BCUT2D eigenvalue weighted by Gasteiger charge is -2.27. The Morgan fingerprint density at radius 1 is 0.692 bits per heavy atom. The fraction of sp³-hybridized carbons (Fsp3) is 0.257. The van der Waals surface area contributed by atoms with Gasteiger partial charge >= 0.3 is 23.9 Å². The number of aliphatic carboxylic acids is 4. The molecule has 0 saturated heterocycles. The number of aromatic nitrogens is 2. The highest BCUT2D eigenvalue weighted by Gasteiger charge is 2.20. The molecule has 17 heteroatoms. The maximum absolute atomic E-state index is 12.9. The summed E-state index contributed by atoms with van der Waals surface area (Å²) < 4.78 is 0. The Morgan fingerprint density at radius 2 is 1.25 bits per heavy atom. The number of anilines is 1. The smallest absolute Gasteiger partial charge is 0.317 e. The summed E-state index contributed by atoms with van der Waals surface area (Å²) in [7, 11) is 0. The zero-order valence-electron chi connectivity index (χ0n) is 27.6. The number of nitrogens with one attached hydrogen (secondary N) is 1. The van der Waals surface area contributed by atoms with Gasteiger partial charge in [0.05, 0.1) is 48.9 Å². The second kappa shape index (κ2) is 18.7. The molecule has 52 heavy (non-hydrogen) atoms. The Kier molecular flexibility index (Phi) is 13.9. The number of carboxylic acids is 4. The summed E-state index contributed by atoms with van der Waals surface area (Å²) in [5.74, 6) is 0.644. The molecule has 5 N–H and O–H groups in total. The number of carbonyl (C=O) groups is 5. The zero-order chi connectivity index (χ0) is 37.6. The van der Waals surface area contributed by atoms with Crippen LogP contribution in [0.4, 0.5) is 11.4 Å². The number of fused-ring (bicyclic) bond motifs is 3. The highest BCUT2D eigenvalue weighted by molar-refractivity contribution is 7.78. The third-order valence-corrected chi connectivity index (χ3v) is 7.56. The molecule has 0 saturated carbocycles. The number of thiocarbonyl (C=S) groups is 1. The summed E-state index contributed by atoms with van der Waals surface area (Å²) in [6.07, 6.45) is 1.69. The molecule has 4 aromatic rings. The molecule has 0 fully saturated rings. The molecule has 0 aliphatic rings. The number of nitrogens with zero attached hydrogens (tertiary/aromatic N) is 6. The van der Waals surface area contributed by atoms with E-state index >= 15 is 0 Å². The van der Waals surface area contributed by atoms with E-state index in [9.17, 15) is 34.2 Å². The van der Waals surface area contributed by atoms with Gasteiger partial charge in [0, 0.05) is 54.4 Å². The molecular weight excluding hydrogens is 694 g/mol. The molecule has 0 bridgehead atoms. The van der Waals surface area contributed by atoms with Crippen LogP contribution in [-0.4, -0.2) is 139 Å². The first-order valence-corrected chi connectivity index (χ1v) is 16.0. The maximum atomic E-state index is 12.9. The predicted octanol–water partition coefficient (Wildman–Crippen LogP) is 2.10. The van der Waals surface area contributed by atoms with Crippen molar-refractivity contribution in [1.29, 1.82) is 0 Å². The van der Waals surface area contributed by atoms with Crippen LogP contribution in [0.2, 0.25) is 0 Å². The molecule has 2 aromatic carbocycles. The topological polar surface area (TPSA) is 226 Å². The number of benzene rings is 2. The minimum atomic E-state index is -1.25. The van der Waals surface area contributed by atoms with E-state index in [1.165, 1.54) is 9.80 Å². The molecule has 0 unspecified atom stereocenters. The molecule has 268 valence electrons. The highest BCUT2D eigenvalue weighted by atomic mass is 32.1. The van der Waals surface area contributed by atoms with E-state index in [0.717, 1.165) is 21.2 Å². The van der Waals surface area contributed by atoms with Crippen LogP contribution in [-0.2, 0) is 24.0 Å². The molecule has 0 aliphatic heterocycles. The van der Waals surface area contributed by atoms with E-state index in [-0.39, 0.29) is 32.7 Å². The van der Waals surface area contributed by atoms with Crippen molar-refractivity contribution in [3.8, 4) is 11.8 Å². The van der Waals surface area contributed by atoms with Crippen molar-refractivity contribution in [1.82, 2.24) is 24.7 Å². The largest absolute Gasteiger partial charge is 0.480 e. The SMILES string of the molecule is O=C(O)CN(CCN(CC(=O)O)CC(=O)O)CCN(CC(=O)O)CC(=O)Nc1ccc(C#Cc2nc3c(ccc4cccnc43)cc2N=C=S)cc1. The fourth-order valence-corrected chi connectivity index (χ4v) is 5.29. The first-order chi connectivity index (χ1) is 24.9. The minimum Gasteiger partial charge on any atom is -0.480 e. The third kappa shape index (κ3) is 12.0. The van der Waals surface area contributed by atoms with Crippen LogP contribution >= 0.6 is 12.2 Å². The number of carbonyl (C=O) groups excluding carboxylic acids is 1. The third-order valence-electron chi connectivity index (χ3n) is 7.47. The Labute approximate surface area is 302 Å². The number of hydrogen-bond donors (Lipinski definition) is 5. The summed E-state index contributed by atoms with van der Waals surface area (Å²) in [6, 6.07) is 16.1. The van der Waals surface area contributed by atoms with E-state index in [4.69, 9.17) is 27.4 Å². The maximum Gasteiger partial charge on any atom is 0.317 e. The van der Waals surface area contributed by atoms with Gasteiger partial charge in [0.2, 0.25) is 5.91 Å². The standard InChI is InChI=1S/C35H33N7O9S/c43-29(17-41(19-31(46)47)14-12-40(18-30(44)45)13-15-42(20-32(48)49)21-33(50)51)38-26-8-3-23(4-9-26)5-10-27-28(37-22-52)16-25-7-6-24-2-1-11-36-34(24)35(25)39-27/h1-4,6-9,11,16H,12-15,17-21H2,(H,38,43)(H,44,45)(H,46,47)(H,48,49)(H,50,51). The summed E-state index contributed by atoms with van der Waals surface area (Å²) in [6.45, 7) is -2.55. The van der Waals surface area contributed by atoms with Crippen molar-refractivity contribution >= 4 is 80.3 Å². The molecular formula is C35H33N7O9S. The number of aliphatic imine (C=N–C) groups is 1. The lowest BCUT2D eigenvalue weighted by atomic mass is 10.1. The number of hydrogen-bond acceptors (Lipinski definition) is 12. The van der Waals surface area contributed by atoms with E-state index < -0.39 is 56.0 Å². The van der Waals surface area contributed by atoms with Gasteiger partial charge in [-0.2, -0.15) is 4.99 Å². The number of carboxylic acid groups (broad SMARTS) is 4. The number of isothiocyanates is 1. The van der Waals surface area contributed by atoms with Crippen LogP contribution < -0.4 is 5.32 Å². The van der Waals surface area contributed by atoms with Gasteiger partial charge in [0.1, 0.15) is 11.4 Å². The van der Waals surface area contributed by atoms with Crippen LogP contribution in [0, 0.1) is 11.8 Å². The number of pyridine rings is 2. The molecule has 4 rings (SSSR count). The molecule has 0 atom stereocenters. The van der Waals surface area contributed by atoms with E-state index in [1.807, 2.05) is 30.3 Å². The molecule has 0 radical (unpaired) electrons. The van der Waals surface area contributed by atoms with E-state index in [0.29, 0.717) is 28.1 Å². The van der Waals surface area contributed by atoms with Gasteiger partial charge in [-0.15, -0.1) is 0 Å². The van der Waals surface area contributed by atoms with Crippen LogP contribution in [0.25, 0.3) is 21.8 Å². The van der Waals surface area contributed by atoms with Crippen LogP contribution in [0.5, 0.6) is 0 Å². The Bertz CT molecular complexity index is 2080. The molecule has 1 amide bonds. The zero-order valence-corrected chi connectivity index (χ0v) is 28.4. The van der Waals surface area contributed by atoms with Gasteiger partial charge in [-0.3, -0.25) is 43.7 Å². The van der Waals surface area contributed by atoms with Gasteiger partial charge in [0.15, 0.2) is 0 Å². The van der Waals surface area contributed by atoms with Gasteiger partial charge in [0.25, 0.3) is 0 Å². The Morgan fingerprint density at radius 3 is 1.85 bits per heavy atom. The summed E-state index contributed by atoms with van der Waals surface area (Å²) in [4.78, 5) is 75.3. The van der Waals surface area contributed by atoms with Crippen LogP contribution in [0.3, 0.4) is 0 Å². The van der Waals surface area contributed by atoms with Crippen molar-refractivity contribution in [3.05, 3.63) is 72.1 Å². The Balaban J connectivity index is 1.41. The van der Waals surface area contributed by atoms with E-state index in [2.05, 4.69) is 32.3 Å². The number of rotatable bonds is 18. The average molecular weight is 728 g/mol. The summed E-state index contributed by atoms with van der Waals surface area (Å²) in [5.41, 5.74) is 3.22. The van der Waals surface area contributed by atoms with Crippen molar-refractivity contribution in [2.45, 2.75) is 0 Å². The second-order valence-electron chi connectivity index (χ2n) is 11.4. The number of amides is 1. The predicted molar refractivity (Wildman–Crippen MR) is 193 cm³/mol. The van der Waals surface area contributed by atoms with Crippen LogP contribution in [0.1, 0.15) is 11.3 Å². The summed E-state index contributed by atoms with van der Waals surface area (Å²) in [5, 5.41) is 43.7. The summed E-state index contributed by atoms with van der Waals surface area (Å²) >= 11 is 4.82.